The van der Waals surface area contributed by atoms with Crippen LogP contribution >= 0.6 is 11.6 Å². The van der Waals surface area contributed by atoms with Gasteiger partial charge in [-0.3, -0.25) is 4.68 Å². The lowest BCUT2D eigenvalue weighted by molar-refractivity contribution is 0.768. The van der Waals surface area contributed by atoms with Crippen molar-refractivity contribution in [2.75, 3.05) is 0 Å². The molecule has 72 valence electrons. The van der Waals surface area contributed by atoms with E-state index in [1.807, 2.05) is 13.2 Å². The minimum absolute atomic E-state index is 0.438. The predicted molar refractivity (Wildman–Crippen MR) is 53.8 cm³/mol. The van der Waals surface area contributed by atoms with Gasteiger partial charge in [0.05, 0.1) is 17.6 Å². The molecule has 0 saturated heterocycles. The monoisotopic (exact) mass is 208 g/mol. The van der Waals surface area contributed by atoms with Crippen LogP contribution in [0.3, 0.4) is 0 Å². The van der Waals surface area contributed by atoms with Crippen LogP contribution in [0.15, 0.2) is 24.8 Å². The molecule has 2 heterocycles. The summed E-state index contributed by atoms with van der Waals surface area (Å²) in [5.41, 5.74) is 1.83. The molecule has 0 unspecified atom stereocenters. The molecule has 0 N–H and O–H groups in total. The number of rotatable bonds is 2. The van der Waals surface area contributed by atoms with Gasteiger partial charge in [0, 0.05) is 31.2 Å². The second kappa shape index (κ2) is 3.75. The molecule has 0 atom stereocenters. The van der Waals surface area contributed by atoms with Crippen molar-refractivity contribution in [3.05, 3.63) is 30.4 Å². The predicted octanol–water partition coefficient (Wildman–Crippen LogP) is 1.62. The molecule has 5 heteroatoms. The fourth-order valence-electron chi connectivity index (χ4n) is 1.11. The van der Waals surface area contributed by atoms with Gasteiger partial charge in [-0.05, 0) is 0 Å². The summed E-state index contributed by atoms with van der Waals surface area (Å²) in [6.07, 6.45) is 7.05. The molecule has 4 nitrogen and oxygen atoms in total. The quantitative estimate of drug-likeness (QED) is 0.705. The third kappa shape index (κ3) is 1.75. The maximum atomic E-state index is 5.63. The molecule has 0 aliphatic carbocycles. The second-order valence-corrected chi connectivity index (χ2v) is 3.22. The fraction of sp³-hybridized carbons (Fsp3) is 0.222. The Morgan fingerprint density at radius 1 is 1.29 bits per heavy atom. The summed E-state index contributed by atoms with van der Waals surface area (Å²) in [7, 11) is 1.86. The van der Waals surface area contributed by atoms with Crippen molar-refractivity contribution < 1.29 is 0 Å². The first kappa shape index (κ1) is 9.15. The molecule has 2 rings (SSSR count). The van der Waals surface area contributed by atoms with E-state index in [1.54, 1.807) is 23.3 Å². The van der Waals surface area contributed by atoms with E-state index in [0.717, 1.165) is 11.1 Å². The molecule has 2 aromatic heterocycles. The highest BCUT2D eigenvalue weighted by Gasteiger charge is 2.02. The van der Waals surface area contributed by atoms with Crippen LogP contribution in [0, 0.1) is 0 Å². The summed E-state index contributed by atoms with van der Waals surface area (Å²) in [6, 6.07) is 0. The average Bonchev–Trinajstić information content (AvgIpc) is 2.65. The average molecular weight is 209 g/mol. The highest BCUT2D eigenvalue weighted by atomic mass is 35.5. The summed E-state index contributed by atoms with van der Waals surface area (Å²) in [5, 5.41) is 4.05. The molecule has 0 saturated carbocycles. The third-order valence-electron chi connectivity index (χ3n) is 1.82. The summed E-state index contributed by atoms with van der Waals surface area (Å²) < 4.78 is 1.72. The Morgan fingerprint density at radius 3 is 2.50 bits per heavy atom. The largest absolute Gasteiger partial charge is 0.275 e. The van der Waals surface area contributed by atoms with Gasteiger partial charge in [0.2, 0.25) is 0 Å². The molecule has 0 spiro atoms. The molecular weight excluding hydrogens is 200 g/mol. The van der Waals surface area contributed by atoms with E-state index in [-0.39, 0.29) is 0 Å². The van der Waals surface area contributed by atoms with Crippen molar-refractivity contribution in [3.8, 4) is 11.4 Å². The maximum absolute atomic E-state index is 5.63. The molecule has 0 aliphatic rings. The minimum atomic E-state index is 0.438. The van der Waals surface area contributed by atoms with Gasteiger partial charge in [0.15, 0.2) is 5.82 Å². The summed E-state index contributed by atoms with van der Waals surface area (Å²) in [5.74, 6) is 1.11. The Hall–Kier alpha value is -1.42. The van der Waals surface area contributed by atoms with Crippen molar-refractivity contribution >= 4 is 11.6 Å². The highest BCUT2D eigenvalue weighted by Crippen LogP contribution is 2.12. The van der Waals surface area contributed by atoms with Gasteiger partial charge in [0.1, 0.15) is 0 Å². The number of aromatic nitrogens is 4. The zero-order chi connectivity index (χ0) is 9.97. The van der Waals surface area contributed by atoms with Crippen LogP contribution in [0.4, 0.5) is 0 Å². The lowest BCUT2D eigenvalue weighted by atomic mass is 10.3. The van der Waals surface area contributed by atoms with Gasteiger partial charge in [-0.25, -0.2) is 9.97 Å². The third-order valence-corrected chi connectivity index (χ3v) is 2.13. The van der Waals surface area contributed by atoms with Gasteiger partial charge in [-0.1, -0.05) is 0 Å². The number of hydrogen-bond donors (Lipinski definition) is 0. The first-order valence-corrected chi connectivity index (χ1v) is 4.69. The van der Waals surface area contributed by atoms with E-state index in [4.69, 9.17) is 11.6 Å². The Bertz CT molecular complexity index is 421. The summed E-state index contributed by atoms with van der Waals surface area (Å²) >= 11 is 5.63. The standard InChI is InChI=1S/C9H9ClN4/c1-14-6-8(5-13-14)9-11-3-7(2-10)4-12-9/h3-6H,2H2,1H3. The molecule has 0 fully saturated rings. The van der Waals surface area contributed by atoms with Gasteiger partial charge >= 0.3 is 0 Å². The van der Waals surface area contributed by atoms with Crippen LogP contribution in [0.2, 0.25) is 0 Å². The molecule has 0 radical (unpaired) electrons. The number of hydrogen-bond acceptors (Lipinski definition) is 3. The first-order valence-electron chi connectivity index (χ1n) is 4.15. The van der Waals surface area contributed by atoms with Crippen molar-refractivity contribution in [2.45, 2.75) is 5.88 Å². The van der Waals surface area contributed by atoms with E-state index in [9.17, 15) is 0 Å². The molecule has 2 aromatic rings. The van der Waals surface area contributed by atoms with Crippen molar-refractivity contribution in [1.82, 2.24) is 19.7 Å². The zero-order valence-electron chi connectivity index (χ0n) is 7.68. The lowest BCUT2D eigenvalue weighted by Gasteiger charge is -1.96. The van der Waals surface area contributed by atoms with Crippen LogP contribution < -0.4 is 0 Å². The van der Waals surface area contributed by atoms with Gasteiger partial charge in [0.25, 0.3) is 0 Å². The van der Waals surface area contributed by atoms with Crippen LogP contribution in [-0.4, -0.2) is 19.7 Å². The van der Waals surface area contributed by atoms with Crippen LogP contribution in [-0.2, 0) is 12.9 Å². The number of nitrogens with zero attached hydrogens (tertiary/aromatic N) is 4. The van der Waals surface area contributed by atoms with Crippen molar-refractivity contribution in [3.63, 3.8) is 0 Å². The minimum Gasteiger partial charge on any atom is -0.275 e. The van der Waals surface area contributed by atoms with E-state index in [0.29, 0.717) is 11.7 Å². The van der Waals surface area contributed by atoms with E-state index >= 15 is 0 Å². The normalized spacial score (nSPS) is 10.4. The molecule has 14 heavy (non-hydrogen) atoms. The Morgan fingerprint density at radius 2 is 2.00 bits per heavy atom. The van der Waals surface area contributed by atoms with Gasteiger partial charge < -0.3 is 0 Å². The maximum Gasteiger partial charge on any atom is 0.162 e. The SMILES string of the molecule is Cn1cc(-c2ncc(CCl)cn2)cn1. The molecule has 0 amide bonds. The molecule has 0 bridgehead atoms. The van der Waals surface area contributed by atoms with Crippen LogP contribution in [0.1, 0.15) is 5.56 Å². The Balaban J connectivity index is 2.33. The Kier molecular flexibility index (Phi) is 2.45. The second-order valence-electron chi connectivity index (χ2n) is 2.95. The van der Waals surface area contributed by atoms with E-state index in [1.165, 1.54) is 0 Å². The number of halogens is 1. The van der Waals surface area contributed by atoms with Gasteiger partial charge in [-0.15, -0.1) is 11.6 Å². The fourth-order valence-corrected chi connectivity index (χ4v) is 1.25. The van der Waals surface area contributed by atoms with Crippen molar-refractivity contribution in [2.24, 2.45) is 7.05 Å². The number of aryl methyl sites for hydroxylation is 1. The van der Waals surface area contributed by atoms with Crippen LogP contribution in [0.25, 0.3) is 11.4 Å². The summed E-state index contributed by atoms with van der Waals surface area (Å²) in [4.78, 5) is 8.37. The molecule has 0 aliphatic heterocycles. The topological polar surface area (TPSA) is 43.6 Å². The lowest BCUT2D eigenvalue weighted by Crippen LogP contribution is -1.89. The molecule has 0 aromatic carbocycles. The highest BCUT2D eigenvalue weighted by molar-refractivity contribution is 6.17. The first-order chi connectivity index (χ1) is 6.79. The zero-order valence-corrected chi connectivity index (χ0v) is 8.44. The van der Waals surface area contributed by atoms with Gasteiger partial charge in [-0.2, -0.15) is 5.10 Å². The van der Waals surface area contributed by atoms with E-state index in [2.05, 4.69) is 15.1 Å². The smallest absolute Gasteiger partial charge is 0.162 e. The summed E-state index contributed by atoms with van der Waals surface area (Å²) in [6.45, 7) is 0. The number of alkyl halides is 1. The van der Waals surface area contributed by atoms with Crippen molar-refractivity contribution in [1.29, 1.82) is 0 Å². The van der Waals surface area contributed by atoms with E-state index < -0.39 is 0 Å². The van der Waals surface area contributed by atoms with Crippen LogP contribution in [0.5, 0.6) is 0 Å². The molecular formula is C9H9ClN4. The Labute approximate surface area is 86.6 Å².